The van der Waals surface area contributed by atoms with Gasteiger partial charge in [0.1, 0.15) is 0 Å². The molecular formula is C17H34NaO5S+. The molecule has 0 spiro atoms. The zero-order chi connectivity index (χ0) is 17.6. The van der Waals surface area contributed by atoms with Crippen LogP contribution in [0.15, 0.2) is 0 Å². The van der Waals surface area contributed by atoms with Crippen LogP contribution in [0, 0.1) is 0 Å². The quantitative estimate of drug-likeness (QED) is 0.245. The number of hydrogen-bond donors (Lipinski definition) is 2. The van der Waals surface area contributed by atoms with Gasteiger partial charge in [-0.25, -0.2) is 0 Å². The minimum absolute atomic E-state index is 0. The summed E-state index contributed by atoms with van der Waals surface area (Å²) in [7, 11) is -4.48. The SMILES string of the molecule is CCCCCCCCCCCCCCCC(C(=O)O)S(=O)(=O)O.[Na+]. The molecular weight excluding hydrogens is 339 g/mol. The van der Waals surface area contributed by atoms with E-state index >= 15 is 0 Å². The maximum atomic E-state index is 10.9. The van der Waals surface area contributed by atoms with E-state index in [-0.39, 0.29) is 36.0 Å². The zero-order valence-electron chi connectivity index (χ0n) is 15.5. The number of aliphatic carboxylic acids is 1. The van der Waals surface area contributed by atoms with Crippen LogP contribution in [0.5, 0.6) is 0 Å². The van der Waals surface area contributed by atoms with Gasteiger partial charge in [-0.2, -0.15) is 8.42 Å². The normalized spacial score (nSPS) is 12.6. The second-order valence-corrected chi connectivity index (χ2v) is 7.97. The molecule has 0 rings (SSSR count). The molecule has 0 heterocycles. The van der Waals surface area contributed by atoms with Crippen molar-refractivity contribution in [1.29, 1.82) is 0 Å². The number of hydrogen-bond acceptors (Lipinski definition) is 3. The van der Waals surface area contributed by atoms with E-state index in [4.69, 9.17) is 9.66 Å². The average Bonchev–Trinajstić information content (AvgIpc) is 2.46. The van der Waals surface area contributed by atoms with E-state index in [2.05, 4.69) is 6.92 Å². The van der Waals surface area contributed by atoms with Gasteiger partial charge in [0.15, 0.2) is 5.25 Å². The van der Waals surface area contributed by atoms with Gasteiger partial charge in [0.2, 0.25) is 0 Å². The molecule has 138 valence electrons. The minimum atomic E-state index is -4.48. The van der Waals surface area contributed by atoms with Crippen molar-refractivity contribution in [3.63, 3.8) is 0 Å². The molecule has 0 aliphatic heterocycles. The molecule has 0 saturated carbocycles. The first kappa shape index (κ1) is 26.6. The van der Waals surface area contributed by atoms with Crippen LogP contribution in [0.4, 0.5) is 0 Å². The number of carboxylic acids is 1. The molecule has 0 aromatic carbocycles. The summed E-state index contributed by atoms with van der Waals surface area (Å²) < 4.78 is 30.6. The van der Waals surface area contributed by atoms with E-state index in [1.807, 2.05) is 0 Å². The summed E-state index contributed by atoms with van der Waals surface area (Å²) in [6.07, 6.45) is 15.2. The average molecular weight is 374 g/mol. The predicted molar refractivity (Wildman–Crippen MR) is 93.3 cm³/mol. The second kappa shape index (κ2) is 16.8. The summed E-state index contributed by atoms with van der Waals surface area (Å²) in [5.74, 6) is -1.47. The van der Waals surface area contributed by atoms with Crippen LogP contribution >= 0.6 is 0 Å². The van der Waals surface area contributed by atoms with Crippen LogP contribution < -0.4 is 29.6 Å². The molecule has 1 atom stereocenters. The Labute approximate surface area is 170 Å². The minimum Gasteiger partial charge on any atom is -0.480 e. The molecule has 0 amide bonds. The fourth-order valence-corrected chi connectivity index (χ4v) is 3.47. The third kappa shape index (κ3) is 15.9. The first-order chi connectivity index (χ1) is 10.9. The van der Waals surface area contributed by atoms with Gasteiger partial charge in [0, 0.05) is 0 Å². The van der Waals surface area contributed by atoms with Crippen molar-refractivity contribution in [2.45, 2.75) is 102 Å². The van der Waals surface area contributed by atoms with Crippen molar-refractivity contribution in [2.75, 3.05) is 0 Å². The molecule has 7 heteroatoms. The van der Waals surface area contributed by atoms with Gasteiger partial charge in [-0.05, 0) is 6.42 Å². The maximum Gasteiger partial charge on any atom is 1.00 e. The van der Waals surface area contributed by atoms with Crippen molar-refractivity contribution < 1.29 is 52.4 Å². The summed E-state index contributed by atoms with van der Waals surface area (Å²) in [4.78, 5) is 10.8. The smallest absolute Gasteiger partial charge is 0.480 e. The molecule has 0 bridgehead atoms. The fraction of sp³-hybridized carbons (Fsp3) is 0.941. The predicted octanol–water partition coefficient (Wildman–Crippen LogP) is 1.81. The first-order valence-corrected chi connectivity index (χ1v) is 10.6. The largest absolute Gasteiger partial charge is 1.00 e. The molecule has 0 aliphatic carbocycles. The van der Waals surface area contributed by atoms with E-state index in [9.17, 15) is 13.2 Å². The molecule has 1 unspecified atom stereocenters. The van der Waals surface area contributed by atoms with Crippen LogP contribution in [0.1, 0.15) is 96.8 Å². The Hall–Kier alpha value is 0.380. The van der Waals surface area contributed by atoms with Crippen LogP contribution in [0.25, 0.3) is 0 Å². The van der Waals surface area contributed by atoms with Crippen LogP contribution in [0.2, 0.25) is 0 Å². The Balaban J connectivity index is 0. The molecule has 5 nitrogen and oxygen atoms in total. The van der Waals surface area contributed by atoms with Crippen molar-refractivity contribution in [1.82, 2.24) is 0 Å². The second-order valence-electron chi connectivity index (χ2n) is 6.37. The first-order valence-electron chi connectivity index (χ1n) is 9.08. The standard InChI is InChI=1S/C17H34O5S.Na/c1-2-3-4-5-6-7-8-9-10-11-12-13-14-15-16(17(18)19)23(20,21)22;/h16H,2-15H2,1H3,(H,18,19)(H,20,21,22);/q;+1. The monoisotopic (exact) mass is 373 g/mol. The molecule has 0 fully saturated rings. The molecule has 0 aromatic rings. The molecule has 2 N–H and O–H groups in total. The number of unbranched alkanes of at least 4 members (excludes halogenated alkanes) is 12. The number of carboxylic acid groups (broad SMARTS) is 1. The Morgan fingerprint density at radius 2 is 1.12 bits per heavy atom. The molecule has 0 radical (unpaired) electrons. The van der Waals surface area contributed by atoms with Crippen molar-refractivity contribution in [3.05, 3.63) is 0 Å². The van der Waals surface area contributed by atoms with E-state index in [1.54, 1.807) is 0 Å². The number of rotatable bonds is 16. The van der Waals surface area contributed by atoms with Crippen molar-refractivity contribution in [2.24, 2.45) is 0 Å². The van der Waals surface area contributed by atoms with Crippen molar-refractivity contribution in [3.8, 4) is 0 Å². The van der Waals surface area contributed by atoms with Crippen LogP contribution in [-0.2, 0) is 14.9 Å². The van der Waals surface area contributed by atoms with E-state index in [0.717, 1.165) is 19.3 Å². The van der Waals surface area contributed by atoms with E-state index < -0.39 is 21.3 Å². The fourth-order valence-electron chi connectivity index (χ4n) is 2.75. The zero-order valence-corrected chi connectivity index (χ0v) is 18.3. The Morgan fingerprint density at radius 3 is 1.42 bits per heavy atom. The van der Waals surface area contributed by atoms with Crippen LogP contribution in [-0.4, -0.2) is 29.3 Å². The summed E-state index contributed by atoms with van der Waals surface area (Å²) in [6.45, 7) is 2.23. The van der Waals surface area contributed by atoms with Gasteiger partial charge < -0.3 is 5.11 Å². The van der Waals surface area contributed by atoms with Gasteiger partial charge in [-0.3, -0.25) is 9.35 Å². The Morgan fingerprint density at radius 1 is 0.792 bits per heavy atom. The van der Waals surface area contributed by atoms with Crippen LogP contribution in [0.3, 0.4) is 0 Å². The molecule has 0 saturated heterocycles. The third-order valence-electron chi connectivity index (χ3n) is 4.20. The molecule has 0 aliphatic rings. The van der Waals surface area contributed by atoms with Gasteiger partial charge in [-0.15, -0.1) is 0 Å². The Kier molecular flexibility index (Phi) is 18.7. The van der Waals surface area contributed by atoms with Gasteiger partial charge in [-0.1, -0.05) is 90.4 Å². The maximum absolute atomic E-state index is 10.9. The summed E-state index contributed by atoms with van der Waals surface area (Å²) in [5, 5.41) is 7.09. The summed E-state index contributed by atoms with van der Waals surface area (Å²) >= 11 is 0. The third-order valence-corrected chi connectivity index (χ3v) is 5.36. The summed E-state index contributed by atoms with van der Waals surface area (Å²) in [6, 6.07) is 0. The van der Waals surface area contributed by atoms with Gasteiger partial charge >= 0.3 is 35.5 Å². The van der Waals surface area contributed by atoms with Crippen molar-refractivity contribution >= 4 is 16.1 Å². The van der Waals surface area contributed by atoms with Gasteiger partial charge in [0.25, 0.3) is 10.1 Å². The molecule has 24 heavy (non-hydrogen) atoms. The summed E-state index contributed by atoms with van der Waals surface area (Å²) in [5.41, 5.74) is 0. The number of carbonyl (C=O) groups is 1. The van der Waals surface area contributed by atoms with E-state index in [1.165, 1.54) is 57.8 Å². The van der Waals surface area contributed by atoms with Gasteiger partial charge in [0.05, 0.1) is 0 Å². The Bertz CT molecular complexity index is 398. The molecule has 0 aromatic heterocycles. The van der Waals surface area contributed by atoms with E-state index in [0.29, 0.717) is 6.42 Å². The topological polar surface area (TPSA) is 91.7 Å².